The fourth-order valence-corrected chi connectivity index (χ4v) is 5.02. The largest absolute Gasteiger partial charge is 0.372 e. The Kier molecular flexibility index (Phi) is 3.69. The monoisotopic (exact) mass is 265 g/mol. The third-order valence-corrected chi connectivity index (χ3v) is 5.55. The SMILES string of the molecule is CN(C)CCOCC(=O)C12CC3CC(CC(C3)C1)C2. The van der Waals surface area contributed by atoms with Crippen LogP contribution in [0.4, 0.5) is 0 Å². The first-order chi connectivity index (χ1) is 9.07. The smallest absolute Gasteiger partial charge is 0.164 e. The van der Waals surface area contributed by atoms with E-state index in [0.29, 0.717) is 19.0 Å². The Hall–Kier alpha value is -0.410. The topological polar surface area (TPSA) is 29.5 Å². The lowest BCUT2D eigenvalue weighted by Crippen LogP contribution is -2.51. The van der Waals surface area contributed by atoms with E-state index in [1.54, 1.807) is 0 Å². The maximum atomic E-state index is 12.6. The molecular formula is C16H27NO2. The fraction of sp³-hybridized carbons (Fsp3) is 0.938. The van der Waals surface area contributed by atoms with E-state index in [2.05, 4.69) is 4.90 Å². The molecule has 0 aromatic rings. The first-order valence-corrected chi connectivity index (χ1v) is 7.83. The van der Waals surface area contributed by atoms with Crippen LogP contribution in [0.3, 0.4) is 0 Å². The van der Waals surface area contributed by atoms with Gasteiger partial charge < -0.3 is 9.64 Å². The Morgan fingerprint density at radius 3 is 2.11 bits per heavy atom. The van der Waals surface area contributed by atoms with Crippen molar-refractivity contribution in [3.63, 3.8) is 0 Å². The molecular weight excluding hydrogens is 238 g/mol. The number of rotatable bonds is 6. The van der Waals surface area contributed by atoms with Gasteiger partial charge >= 0.3 is 0 Å². The Labute approximate surface area is 116 Å². The molecule has 0 amide bonds. The molecule has 4 fully saturated rings. The van der Waals surface area contributed by atoms with Crippen LogP contribution in [0.5, 0.6) is 0 Å². The first kappa shape index (κ1) is 13.6. The molecule has 4 aliphatic carbocycles. The lowest BCUT2D eigenvalue weighted by Gasteiger charge is -2.55. The molecule has 4 saturated carbocycles. The van der Waals surface area contributed by atoms with Gasteiger partial charge in [0.1, 0.15) is 6.61 Å². The summed E-state index contributed by atoms with van der Waals surface area (Å²) in [7, 11) is 4.06. The van der Waals surface area contributed by atoms with Gasteiger partial charge in [0.25, 0.3) is 0 Å². The molecule has 3 nitrogen and oxygen atoms in total. The second-order valence-corrected chi connectivity index (χ2v) is 7.48. The number of hydrogen-bond acceptors (Lipinski definition) is 3. The van der Waals surface area contributed by atoms with Gasteiger partial charge in [-0.25, -0.2) is 0 Å². The molecule has 0 unspecified atom stereocenters. The minimum Gasteiger partial charge on any atom is -0.372 e. The summed E-state index contributed by atoms with van der Waals surface area (Å²) in [5, 5.41) is 0. The van der Waals surface area contributed by atoms with Crippen LogP contribution in [0.25, 0.3) is 0 Å². The molecule has 0 atom stereocenters. The van der Waals surface area contributed by atoms with Crippen molar-refractivity contribution >= 4 is 5.78 Å². The highest BCUT2D eigenvalue weighted by atomic mass is 16.5. The molecule has 0 spiro atoms. The van der Waals surface area contributed by atoms with Crippen molar-refractivity contribution in [3.05, 3.63) is 0 Å². The molecule has 0 radical (unpaired) electrons. The van der Waals surface area contributed by atoms with Crippen molar-refractivity contribution < 1.29 is 9.53 Å². The van der Waals surface area contributed by atoms with E-state index in [9.17, 15) is 4.79 Å². The highest BCUT2D eigenvalue weighted by Gasteiger charge is 2.54. The lowest BCUT2D eigenvalue weighted by atomic mass is 9.48. The number of ketones is 1. The molecule has 108 valence electrons. The Bertz CT molecular complexity index is 315. The molecule has 4 aliphatic rings. The number of likely N-dealkylation sites (N-methyl/N-ethyl adjacent to an activating group) is 1. The maximum Gasteiger partial charge on any atom is 0.164 e. The molecule has 3 heteroatoms. The summed E-state index contributed by atoms with van der Waals surface area (Å²) < 4.78 is 5.60. The van der Waals surface area contributed by atoms with E-state index in [1.807, 2.05) is 14.1 Å². The van der Waals surface area contributed by atoms with Crippen molar-refractivity contribution in [2.75, 3.05) is 33.9 Å². The van der Waals surface area contributed by atoms with Crippen molar-refractivity contribution in [2.45, 2.75) is 38.5 Å². The number of hydrogen-bond donors (Lipinski definition) is 0. The lowest BCUT2D eigenvalue weighted by molar-refractivity contribution is -0.148. The Balaban J connectivity index is 1.54. The summed E-state index contributed by atoms with van der Waals surface area (Å²) >= 11 is 0. The highest BCUT2D eigenvalue weighted by molar-refractivity contribution is 5.86. The van der Waals surface area contributed by atoms with Crippen LogP contribution in [0.15, 0.2) is 0 Å². The zero-order valence-electron chi connectivity index (χ0n) is 12.4. The molecule has 0 aliphatic heterocycles. The van der Waals surface area contributed by atoms with Gasteiger partial charge in [0, 0.05) is 12.0 Å². The summed E-state index contributed by atoms with van der Waals surface area (Å²) in [6.45, 7) is 1.92. The van der Waals surface area contributed by atoms with E-state index >= 15 is 0 Å². The van der Waals surface area contributed by atoms with Crippen molar-refractivity contribution in [3.8, 4) is 0 Å². The standard InChI is InChI=1S/C16H27NO2/c1-17(2)3-4-19-11-15(18)16-8-12-5-13(9-16)7-14(6-12)10-16/h12-14H,3-11H2,1-2H3. The fourth-order valence-electron chi connectivity index (χ4n) is 5.02. The van der Waals surface area contributed by atoms with Gasteiger partial charge in [-0.1, -0.05) is 0 Å². The number of carbonyl (C=O) groups is 1. The molecule has 0 aromatic carbocycles. The molecule has 4 bridgehead atoms. The first-order valence-electron chi connectivity index (χ1n) is 7.83. The zero-order valence-corrected chi connectivity index (χ0v) is 12.4. The van der Waals surface area contributed by atoms with Crippen LogP contribution in [0, 0.1) is 23.2 Å². The quantitative estimate of drug-likeness (QED) is 0.690. The Morgan fingerprint density at radius 2 is 1.63 bits per heavy atom. The third kappa shape index (κ3) is 2.73. The summed E-state index contributed by atoms with van der Waals surface area (Å²) in [5.41, 5.74) is 0.0207. The van der Waals surface area contributed by atoms with E-state index < -0.39 is 0 Å². The van der Waals surface area contributed by atoms with Gasteiger partial charge in [-0.15, -0.1) is 0 Å². The van der Waals surface area contributed by atoms with Crippen LogP contribution in [0.1, 0.15) is 38.5 Å². The summed E-state index contributed by atoms with van der Waals surface area (Å²) in [6, 6.07) is 0. The zero-order chi connectivity index (χ0) is 13.5. The molecule has 0 N–H and O–H groups in total. The van der Waals surface area contributed by atoms with Crippen LogP contribution in [-0.2, 0) is 9.53 Å². The summed E-state index contributed by atoms with van der Waals surface area (Å²) in [6.07, 6.45) is 7.68. The summed E-state index contributed by atoms with van der Waals surface area (Å²) in [4.78, 5) is 14.7. The maximum absolute atomic E-state index is 12.6. The van der Waals surface area contributed by atoms with Crippen LogP contribution in [-0.4, -0.2) is 44.5 Å². The third-order valence-electron chi connectivity index (χ3n) is 5.55. The van der Waals surface area contributed by atoms with Gasteiger partial charge in [0.15, 0.2) is 5.78 Å². The number of carbonyl (C=O) groups excluding carboxylic acids is 1. The van der Waals surface area contributed by atoms with E-state index in [0.717, 1.165) is 43.6 Å². The average molecular weight is 265 g/mol. The molecule has 4 rings (SSSR count). The molecule has 0 saturated heterocycles. The predicted octanol–water partition coefficient (Wildman–Crippen LogP) is 2.35. The van der Waals surface area contributed by atoms with Gasteiger partial charge in [0.2, 0.25) is 0 Å². The summed E-state index contributed by atoms with van der Waals surface area (Å²) in [5.74, 6) is 2.94. The number of nitrogens with zero attached hydrogens (tertiary/aromatic N) is 1. The van der Waals surface area contributed by atoms with E-state index in [1.165, 1.54) is 19.3 Å². The average Bonchev–Trinajstić information content (AvgIpc) is 2.32. The van der Waals surface area contributed by atoms with Gasteiger partial charge in [0.05, 0.1) is 6.61 Å². The number of ether oxygens (including phenoxy) is 1. The normalized spacial score (nSPS) is 40.1. The van der Waals surface area contributed by atoms with E-state index in [4.69, 9.17) is 4.74 Å². The molecule has 19 heavy (non-hydrogen) atoms. The van der Waals surface area contributed by atoms with Crippen molar-refractivity contribution in [2.24, 2.45) is 23.2 Å². The van der Waals surface area contributed by atoms with Crippen molar-refractivity contribution in [1.82, 2.24) is 4.90 Å². The van der Waals surface area contributed by atoms with Gasteiger partial charge in [-0.2, -0.15) is 0 Å². The minimum absolute atomic E-state index is 0.0207. The predicted molar refractivity (Wildman–Crippen MR) is 75.0 cm³/mol. The van der Waals surface area contributed by atoms with Crippen LogP contribution >= 0.6 is 0 Å². The second-order valence-electron chi connectivity index (χ2n) is 7.48. The van der Waals surface area contributed by atoms with Gasteiger partial charge in [-0.3, -0.25) is 4.79 Å². The van der Waals surface area contributed by atoms with Gasteiger partial charge in [-0.05, 0) is 70.4 Å². The van der Waals surface area contributed by atoms with Crippen LogP contribution < -0.4 is 0 Å². The van der Waals surface area contributed by atoms with E-state index in [-0.39, 0.29) is 5.41 Å². The highest BCUT2D eigenvalue weighted by Crippen LogP contribution is 2.60. The van der Waals surface area contributed by atoms with Crippen molar-refractivity contribution in [1.29, 1.82) is 0 Å². The molecule has 0 heterocycles. The minimum atomic E-state index is 0.0207. The molecule has 0 aromatic heterocycles. The van der Waals surface area contributed by atoms with Crippen LogP contribution in [0.2, 0.25) is 0 Å². The second kappa shape index (κ2) is 5.17. The number of Topliss-reactive ketones (excluding diaryl/α,β-unsaturated/α-hetero) is 1. The Morgan fingerprint density at radius 1 is 1.11 bits per heavy atom.